The number of aliphatic hydroxyl groups excluding tert-OH is 1. The number of imidazole rings is 1. The number of carbonyl (C=O) groups excluding carboxylic acids is 1. The van der Waals surface area contributed by atoms with Crippen LogP contribution < -0.4 is 20.3 Å². The average Bonchev–Trinajstić information content (AvgIpc) is 3.74. The van der Waals surface area contributed by atoms with E-state index < -0.39 is 35.7 Å². The number of hydrogen-bond donors (Lipinski definition) is 3. The molecule has 0 spiro atoms. The average molecular weight is 743 g/mol. The number of anilines is 1. The molecule has 2 aromatic heterocycles. The normalized spacial score (nSPS) is 18.8. The monoisotopic (exact) mass is 742 g/mol. The molecule has 0 radical (unpaired) electrons. The van der Waals surface area contributed by atoms with E-state index in [0.29, 0.717) is 11.5 Å². The van der Waals surface area contributed by atoms with Crippen molar-refractivity contribution in [3.05, 3.63) is 112 Å². The number of H-pyrrole nitrogens is 1. The Morgan fingerprint density at radius 2 is 1.57 bits per heavy atom. The highest BCUT2D eigenvalue weighted by Crippen LogP contribution is 2.43. The third kappa shape index (κ3) is 8.01. The Hall–Kier alpha value is -5.16. The molecule has 0 unspecified atom stereocenters. The van der Waals surface area contributed by atoms with Crippen LogP contribution in [0.5, 0.6) is 11.5 Å². The highest BCUT2D eigenvalue weighted by Gasteiger charge is 2.48. The minimum Gasteiger partial charge on any atom is -0.497 e. The number of rotatable bonds is 16. The van der Waals surface area contributed by atoms with E-state index in [4.69, 9.17) is 28.5 Å². The van der Waals surface area contributed by atoms with E-state index in [-0.39, 0.29) is 48.8 Å². The van der Waals surface area contributed by atoms with Gasteiger partial charge in [0.05, 0.1) is 40.4 Å². The second-order valence-corrected chi connectivity index (χ2v) is 13.2. The summed E-state index contributed by atoms with van der Waals surface area (Å²) in [5.41, 5.74) is 0.848. The van der Waals surface area contributed by atoms with Gasteiger partial charge in [-0.3, -0.25) is 29.3 Å². The number of ether oxygens (including phenoxy) is 5. The number of benzene rings is 3. The smallest absolute Gasteiger partial charge is 0.280 e. The van der Waals surface area contributed by atoms with Crippen molar-refractivity contribution in [3.8, 4) is 11.5 Å². The summed E-state index contributed by atoms with van der Waals surface area (Å²) in [6.45, 7) is 3.66. The molecule has 1 aliphatic heterocycles. The molecule has 0 saturated carbocycles. The number of fused-ring (bicyclic) bond motifs is 1. The number of aromatic amines is 1. The van der Waals surface area contributed by atoms with Crippen molar-refractivity contribution >= 4 is 23.0 Å². The molecule has 1 amide bonds. The highest BCUT2D eigenvalue weighted by atomic mass is 16.7. The molecule has 1 saturated heterocycles. The number of nitrogens with zero attached hydrogens (tertiary/aromatic N) is 4. The summed E-state index contributed by atoms with van der Waals surface area (Å²) in [6.07, 6.45) is -2.72. The quantitative estimate of drug-likeness (QED) is 0.0759. The lowest BCUT2D eigenvalue weighted by atomic mass is 9.80. The van der Waals surface area contributed by atoms with Crippen LogP contribution in [0.3, 0.4) is 0 Å². The van der Waals surface area contributed by atoms with Gasteiger partial charge in [0.1, 0.15) is 35.4 Å². The maximum absolute atomic E-state index is 13.1. The Morgan fingerprint density at radius 3 is 2.15 bits per heavy atom. The first-order valence-corrected chi connectivity index (χ1v) is 17.6. The van der Waals surface area contributed by atoms with Crippen LogP contribution in [0.1, 0.15) is 36.8 Å². The molecule has 5 aromatic rings. The Kier molecular flexibility index (Phi) is 12.1. The minimum atomic E-state index is -1.21. The zero-order chi connectivity index (χ0) is 38.4. The highest BCUT2D eigenvalue weighted by molar-refractivity contribution is 5.91. The van der Waals surface area contributed by atoms with Crippen molar-refractivity contribution in [1.82, 2.24) is 24.6 Å². The van der Waals surface area contributed by atoms with Gasteiger partial charge in [0.2, 0.25) is 11.9 Å². The van der Waals surface area contributed by atoms with Crippen molar-refractivity contribution < 1.29 is 38.4 Å². The summed E-state index contributed by atoms with van der Waals surface area (Å²) in [5.74, 6) is 0.628. The molecule has 3 heterocycles. The summed E-state index contributed by atoms with van der Waals surface area (Å²) in [6, 6.07) is 25.0. The van der Waals surface area contributed by atoms with Crippen LogP contribution in [-0.2, 0) is 29.4 Å². The van der Waals surface area contributed by atoms with Gasteiger partial charge < -0.3 is 28.8 Å². The largest absolute Gasteiger partial charge is 0.497 e. The molecule has 1 fully saturated rings. The van der Waals surface area contributed by atoms with Gasteiger partial charge in [-0.05, 0) is 41.0 Å². The van der Waals surface area contributed by atoms with Crippen LogP contribution in [-0.4, -0.2) is 102 Å². The summed E-state index contributed by atoms with van der Waals surface area (Å²) < 4.78 is 32.3. The molecule has 286 valence electrons. The predicted octanol–water partition coefficient (Wildman–Crippen LogP) is 3.88. The zero-order valence-electron chi connectivity index (χ0n) is 31.1. The van der Waals surface area contributed by atoms with Crippen molar-refractivity contribution in [3.63, 3.8) is 0 Å². The van der Waals surface area contributed by atoms with Gasteiger partial charge >= 0.3 is 0 Å². The fourth-order valence-electron chi connectivity index (χ4n) is 6.38. The van der Waals surface area contributed by atoms with E-state index in [9.17, 15) is 14.7 Å². The van der Waals surface area contributed by atoms with E-state index >= 15 is 0 Å². The van der Waals surface area contributed by atoms with Gasteiger partial charge in [-0.2, -0.15) is 10.0 Å². The number of hydrogen-bond acceptors (Lipinski definition) is 12. The number of hydroxylamine groups is 2. The lowest BCUT2D eigenvalue weighted by molar-refractivity contribution is -0.150. The molecule has 15 heteroatoms. The number of nitrogens with one attached hydrogen (secondary N) is 2. The van der Waals surface area contributed by atoms with Gasteiger partial charge in [-0.15, -0.1) is 0 Å². The summed E-state index contributed by atoms with van der Waals surface area (Å²) in [4.78, 5) is 42.5. The van der Waals surface area contributed by atoms with Crippen molar-refractivity contribution in [2.45, 2.75) is 44.0 Å². The molecule has 15 nitrogen and oxygen atoms in total. The van der Waals surface area contributed by atoms with E-state index in [0.717, 1.165) is 16.7 Å². The second-order valence-electron chi connectivity index (χ2n) is 13.2. The summed E-state index contributed by atoms with van der Waals surface area (Å²) >= 11 is 0. The Labute approximate surface area is 312 Å². The standard InChI is InChI=1S/C39H46N6O9/c1-24(2)35(47)42-38-41-34-31(36(48)43-38)40-23-45(34)37-33(51-20-21-53-44(3)4)32(46)30(54-37)22-52-39(25-10-8-7-9-11-25,26-12-16-28(49-5)17-13-26)27-14-18-29(50-6)19-15-27/h7-19,23-24,30,32-33,37,46H,20-22H2,1-6H3,(H2,41,42,43,47,48)/t30-,32-,33-,37-/m1/s1. The Morgan fingerprint density at radius 1 is 0.963 bits per heavy atom. The maximum atomic E-state index is 13.1. The first-order chi connectivity index (χ1) is 26.0. The predicted molar refractivity (Wildman–Crippen MR) is 199 cm³/mol. The number of aromatic nitrogens is 4. The van der Waals surface area contributed by atoms with E-state index in [1.807, 2.05) is 78.9 Å². The fraction of sp³-hybridized carbons (Fsp3) is 0.385. The lowest BCUT2D eigenvalue weighted by Crippen LogP contribution is -2.40. The van der Waals surface area contributed by atoms with Crippen LogP contribution in [0.15, 0.2) is 90.0 Å². The maximum Gasteiger partial charge on any atom is 0.280 e. The molecule has 4 atom stereocenters. The minimum absolute atomic E-state index is 0.0205. The molecule has 6 rings (SSSR count). The van der Waals surface area contributed by atoms with Gasteiger partial charge in [0, 0.05) is 20.0 Å². The van der Waals surface area contributed by atoms with Crippen molar-refractivity contribution in [2.24, 2.45) is 5.92 Å². The second kappa shape index (κ2) is 16.9. The van der Waals surface area contributed by atoms with Crippen LogP contribution in [0.25, 0.3) is 11.2 Å². The number of methoxy groups -OCH3 is 2. The number of carbonyl (C=O) groups is 1. The molecule has 1 aliphatic rings. The first-order valence-electron chi connectivity index (χ1n) is 17.6. The fourth-order valence-corrected chi connectivity index (χ4v) is 6.38. The zero-order valence-corrected chi connectivity index (χ0v) is 31.1. The van der Waals surface area contributed by atoms with Gasteiger partial charge in [0.25, 0.3) is 5.56 Å². The Bertz CT molecular complexity index is 2000. The topological polar surface area (TPSA) is 172 Å². The Balaban J connectivity index is 1.39. The van der Waals surface area contributed by atoms with Crippen molar-refractivity contribution in [1.29, 1.82) is 0 Å². The van der Waals surface area contributed by atoms with Crippen LogP contribution in [0.2, 0.25) is 0 Å². The van der Waals surface area contributed by atoms with Crippen molar-refractivity contribution in [2.75, 3.05) is 53.5 Å². The molecular weight excluding hydrogens is 696 g/mol. The van der Waals surface area contributed by atoms with E-state index in [1.54, 1.807) is 47.2 Å². The number of amides is 1. The lowest BCUT2D eigenvalue weighted by Gasteiger charge is -2.37. The third-order valence-electron chi connectivity index (χ3n) is 9.17. The first kappa shape index (κ1) is 38.6. The summed E-state index contributed by atoms with van der Waals surface area (Å²) in [7, 11) is 6.73. The van der Waals surface area contributed by atoms with E-state index in [2.05, 4.69) is 20.3 Å². The molecule has 54 heavy (non-hydrogen) atoms. The van der Waals surface area contributed by atoms with Crippen LogP contribution in [0, 0.1) is 5.92 Å². The van der Waals surface area contributed by atoms with E-state index in [1.165, 1.54) is 10.9 Å². The van der Waals surface area contributed by atoms with Gasteiger partial charge in [0.15, 0.2) is 17.4 Å². The summed E-state index contributed by atoms with van der Waals surface area (Å²) in [5, 5.41) is 16.1. The van der Waals surface area contributed by atoms with Gasteiger partial charge in [-0.25, -0.2) is 4.98 Å². The number of aliphatic hydroxyl groups is 1. The van der Waals surface area contributed by atoms with Gasteiger partial charge in [-0.1, -0.05) is 68.4 Å². The molecule has 3 N–H and O–H groups in total. The molecule has 0 bridgehead atoms. The molecular formula is C39H46N6O9. The molecule has 3 aromatic carbocycles. The molecule has 0 aliphatic carbocycles. The van der Waals surface area contributed by atoms with Crippen LogP contribution >= 0.6 is 0 Å². The van der Waals surface area contributed by atoms with Crippen LogP contribution in [0.4, 0.5) is 5.95 Å². The third-order valence-corrected chi connectivity index (χ3v) is 9.17. The SMILES string of the molecule is COc1ccc(C(OC[C@H]2O[C@@H](n3cnc4c(=O)[nH]c(NC(=O)C(C)C)nc43)[C@H](OCCON(C)C)[C@@H]2O)(c2ccccc2)c2ccc(OC)cc2)cc1.